The Bertz CT molecular complexity index is 1290. The highest BCUT2D eigenvalue weighted by Crippen LogP contribution is 2.35. The number of carbonyl (C=O) groups excluding carboxylic acids is 1. The molecule has 4 rings (SSSR count). The van der Waals surface area contributed by atoms with Crippen molar-refractivity contribution in [3.8, 4) is 5.75 Å². The SMILES string of the molecule is CN1C(=O)/C(=C/c2ccccc2OCc2ccccc2F)SC1=Nc1cccc(C(=O)O)c1. The number of aliphatic imine (C=N–C) groups is 1. The molecule has 1 amide bonds. The monoisotopic (exact) mass is 462 g/mol. The van der Waals surface area contributed by atoms with Gasteiger partial charge in [0.05, 0.1) is 16.2 Å². The van der Waals surface area contributed by atoms with Crippen LogP contribution >= 0.6 is 11.8 Å². The lowest BCUT2D eigenvalue weighted by Gasteiger charge is -2.10. The van der Waals surface area contributed by atoms with Crippen LogP contribution in [0.25, 0.3) is 6.08 Å². The molecule has 1 aliphatic rings. The van der Waals surface area contributed by atoms with Gasteiger partial charge >= 0.3 is 5.97 Å². The molecule has 1 saturated heterocycles. The Kier molecular flexibility index (Phi) is 6.55. The molecule has 3 aromatic carbocycles. The fourth-order valence-electron chi connectivity index (χ4n) is 3.11. The van der Waals surface area contributed by atoms with Crippen molar-refractivity contribution in [2.45, 2.75) is 6.61 Å². The molecule has 0 bridgehead atoms. The largest absolute Gasteiger partial charge is 0.488 e. The second-order valence-electron chi connectivity index (χ2n) is 7.14. The van der Waals surface area contributed by atoms with Crippen LogP contribution in [0.3, 0.4) is 0 Å². The van der Waals surface area contributed by atoms with Gasteiger partial charge in [-0.1, -0.05) is 42.5 Å². The summed E-state index contributed by atoms with van der Waals surface area (Å²) in [5.74, 6) is -1.11. The highest BCUT2D eigenvalue weighted by molar-refractivity contribution is 8.18. The fraction of sp³-hybridized carbons (Fsp3) is 0.0800. The lowest BCUT2D eigenvalue weighted by molar-refractivity contribution is -0.121. The zero-order valence-corrected chi connectivity index (χ0v) is 18.4. The van der Waals surface area contributed by atoms with Gasteiger partial charge in [-0.25, -0.2) is 14.2 Å². The van der Waals surface area contributed by atoms with Crippen LogP contribution in [-0.2, 0) is 11.4 Å². The summed E-state index contributed by atoms with van der Waals surface area (Å²) < 4.78 is 19.7. The number of carboxylic acids is 1. The third kappa shape index (κ3) is 5.12. The molecule has 0 aliphatic carbocycles. The molecule has 8 heteroatoms. The van der Waals surface area contributed by atoms with Crippen molar-refractivity contribution in [2.24, 2.45) is 4.99 Å². The number of hydrogen-bond donors (Lipinski definition) is 1. The van der Waals surface area contributed by atoms with Crippen LogP contribution in [-0.4, -0.2) is 34.1 Å². The van der Waals surface area contributed by atoms with E-state index in [4.69, 9.17) is 9.84 Å². The van der Waals surface area contributed by atoms with E-state index in [1.165, 1.54) is 34.9 Å². The van der Waals surface area contributed by atoms with Gasteiger partial charge in [-0.3, -0.25) is 9.69 Å². The van der Waals surface area contributed by atoms with Gasteiger partial charge in [0.25, 0.3) is 5.91 Å². The van der Waals surface area contributed by atoms with Gasteiger partial charge in [-0.2, -0.15) is 0 Å². The molecule has 0 aromatic heterocycles. The Hall–Kier alpha value is -3.91. The van der Waals surface area contributed by atoms with Gasteiger partial charge in [0.2, 0.25) is 0 Å². The molecule has 0 spiro atoms. The Balaban J connectivity index is 1.57. The minimum absolute atomic E-state index is 0.0560. The molecule has 0 unspecified atom stereocenters. The summed E-state index contributed by atoms with van der Waals surface area (Å²) in [5.41, 5.74) is 1.66. The van der Waals surface area contributed by atoms with Crippen molar-refractivity contribution < 1.29 is 23.8 Å². The number of carboxylic acid groups (broad SMARTS) is 1. The molecule has 0 atom stereocenters. The van der Waals surface area contributed by atoms with Crippen molar-refractivity contribution in [1.82, 2.24) is 4.90 Å². The Labute approximate surface area is 194 Å². The number of aromatic carboxylic acids is 1. The van der Waals surface area contributed by atoms with E-state index in [1.807, 2.05) is 12.1 Å². The van der Waals surface area contributed by atoms with E-state index >= 15 is 0 Å². The smallest absolute Gasteiger partial charge is 0.335 e. The molecule has 1 aliphatic heterocycles. The predicted molar refractivity (Wildman–Crippen MR) is 126 cm³/mol. The lowest BCUT2D eigenvalue weighted by atomic mass is 10.1. The molecule has 0 saturated carbocycles. The summed E-state index contributed by atoms with van der Waals surface area (Å²) in [4.78, 5) is 30.3. The third-order valence-electron chi connectivity index (χ3n) is 4.87. The summed E-state index contributed by atoms with van der Waals surface area (Å²) >= 11 is 1.18. The van der Waals surface area contributed by atoms with E-state index < -0.39 is 5.97 Å². The average molecular weight is 463 g/mol. The van der Waals surface area contributed by atoms with Gasteiger partial charge in [0.1, 0.15) is 18.2 Å². The first-order valence-corrected chi connectivity index (χ1v) is 10.8. The lowest BCUT2D eigenvalue weighted by Crippen LogP contribution is -2.23. The fourth-order valence-corrected chi connectivity index (χ4v) is 4.09. The zero-order chi connectivity index (χ0) is 23.4. The minimum atomic E-state index is -1.05. The number of halogens is 1. The van der Waals surface area contributed by atoms with Gasteiger partial charge < -0.3 is 9.84 Å². The molecule has 6 nitrogen and oxygen atoms in total. The first-order valence-electron chi connectivity index (χ1n) is 9.97. The maximum Gasteiger partial charge on any atom is 0.335 e. The van der Waals surface area contributed by atoms with Crippen molar-refractivity contribution in [3.05, 3.63) is 100 Å². The standard InChI is InChI=1S/C25H19FN2O4S/c1-28-23(29)22(33-25(28)27-19-10-6-9-17(13-19)24(30)31)14-16-7-3-5-12-21(16)32-15-18-8-2-4-11-20(18)26/h2-14H,15H2,1H3,(H,30,31)/b22-14-,27-25?. The van der Waals surface area contributed by atoms with Gasteiger partial charge in [0.15, 0.2) is 5.17 Å². The van der Waals surface area contributed by atoms with Gasteiger partial charge in [-0.15, -0.1) is 0 Å². The highest BCUT2D eigenvalue weighted by Gasteiger charge is 2.30. The molecule has 1 N–H and O–H groups in total. The van der Waals surface area contributed by atoms with Crippen molar-refractivity contribution in [1.29, 1.82) is 0 Å². The third-order valence-corrected chi connectivity index (χ3v) is 5.93. The normalized spacial score (nSPS) is 15.9. The van der Waals surface area contributed by atoms with Gasteiger partial charge in [0, 0.05) is 18.2 Å². The van der Waals surface area contributed by atoms with Crippen LogP contribution in [0.15, 0.2) is 82.7 Å². The van der Waals surface area contributed by atoms with E-state index in [1.54, 1.807) is 55.6 Å². The van der Waals surface area contributed by atoms with E-state index in [0.717, 1.165) is 0 Å². The quantitative estimate of drug-likeness (QED) is 0.501. The number of amidine groups is 1. The molecule has 1 heterocycles. The summed E-state index contributed by atoms with van der Waals surface area (Å²) in [5, 5.41) is 9.60. The number of nitrogens with zero attached hydrogens (tertiary/aromatic N) is 2. The van der Waals surface area contributed by atoms with Crippen molar-refractivity contribution in [3.63, 3.8) is 0 Å². The van der Waals surface area contributed by atoms with Gasteiger partial charge in [-0.05, 0) is 48.2 Å². The van der Waals surface area contributed by atoms with Crippen LogP contribution in [0, 0.1) is 5.82 Å². The molecule has 33 heavy (non-hydrogen) atoms. The van der Waals surface area contributed by atoms with Crippen LogP contribution < -0.4 is 4.74 Å². The number of thioether (sulfide) groups is 1. The highest BCUT2D eigenvalue weighted by atomic mass is 32.2. The molecule has 0 radical (unpaired) electrons. The maximum absolute atomic E-state index is 13.9. The molecule has 1 fully saturated rings. The minimum Gasteiger partial charge on any atom is -0.488 e. The number of benzene rings is 3. The second kappa shape index (κ2) is 9.70. The van der Waals surface area contributed by atoms with Crippen LogP contribution in [0.4, 0.5) is 10.1 Å². The molecule has 166 valence electrons. The number of carbonyl (C=O) groups is 2. The average Bonchev–Trinajstić information content (AvgIpc) is 3.07. The van der Waals surface area contributed by atoms with E-state index in [0.29, 0.717) is 32.6 Å². The summed E-state index contributed by atoms with van der Waals surface area (Å²) in [6.45, 7) is 0.0560. The van der Waals surface area contributed by atoms with Crippen LogP contribution in [0.1, 0.15) is 21.5 Å². The maximum atomic E-state index is 13.9. The number of rotatable bonds is 6. The number of ether oxygens (including phenoxy) is 1. The summed E-state index contributed by atoms with van der Waals surface area (Å²) in [6.07, 6.45) is 1.70. The summed E-state index contributed by atoms with van der Waals surface area (Å²) in [7, 11) is 1.61. The van der Waals surface area contributed by atoms with Crippen molar-refractivity contribution >= 4 is 40.6 Å². The van der Waals surface area contributed by atoms with Crippen molar-refractivity contribution in [2.75, 3.05) is 7.05 Å². The summed E-state index contributed by atoms with van der Waals surface area (Å²) in [6, 6.07) is 19.8. The Morgan fingerprint density at radius 1 is 1.12 bits per heavy atom. The zero-order valence-electron chi connectivity index (χ0n) is 17.6. The van der Waals surface area contributed by atoms with E-state index in [-0.39, 0.29) is 23.9 Å². The first kappa shape index (κ1) is 22.3. The van der Waals surface area contributed by atoms with Crippen LogP contribution in [0.2, 0.25) is 0 Å². The Morgan fingerprint density at radius 2 is 1.88 bits per heavy atom. The number of amides is 1. The number of hydrogen-bond acceptors (Lipinski definition) is 5. The topological polar surface area (TPSA) is 79.2 Å². The number of para-hydroxylation sites is 1. The van der Waals surface area contributed by atoms with E-state index in [9.17, 15) is 14.0 Å². The second-order valence-corrected chi connectivity index (χ2v) is 8.15. The first-order chi connectivity index (χ1) is 15.9. The number of likely N-dealkylation sites (N-methyl/N-ethyl adjacent to an activating group) is 1. The molecular weight excluding hydrogens is 443 g/mol. The predicted octanol–water partition coefficient (Wildman–Crippen LogP) is 5.34. The van der Waals surface area contributed by atoms with E-state index in [2.05, 4.69) is 4.99 Å². The molecule has 3 aromatic rings. The van der Waals surface area contributed by atoms with Crippen LogP contribution in [0.5, 0.6) is 5.75 Å². The Morgan fingerprint density at radius 3 is 2.67 bits per heavy atom. The molecular formula is C25H19FN2O4S.